The molecule has 2 aromatic carbocycles. The van der Waals surface area contributed by atoms with Gasteiger partial charge in [-0.3, -0.25) is 0 Å². The largest absolute Gasteiger partial charge is 0.457 e. The van der Waals surface area contributed by atoms with Crippen LogP contribution in [0.15, 0.2) is 67.1 Å². The van der Waals surface area contributed by atoms with E-state index in [-0.39, 0.29) is 0 Å². The fourth-order valence-electron chi connectivity index (χ4n) is 6.62. The molecule has 204 valence electrons. The number of benzene rings is 2. The first-order valence-corrected chi connectivity index (χ1v) is 14.4. The van der Waals surface area contributed by atoms with Crippen LogP contribution in [0.4, 0.5) is 5.82 Å². The summed E-state index contributed by atoms with van der Waals surface area (Å²) in [5.41, 5.74) is 10.0. The first kappa shape index (κ1) is 25.8. The summed E-state index contributed by atoms with van der Waals surface area (Å²) >= 11 is 0. The van der Waals surface area contributed by atoms with Crippen molar-refractivity contribution in [3.63, 3.8) is 0 Å². The van der Waals surface area contributed by atoms with Crippen LogP contribution in [-0.2, 0) is 0 Å². The van der Waals surface area contributed by atoms with Crippen molar-refractivity contribution in [1.29, 1.82) is 0 Å². The zero-order valence-electron chi connectivity index (χ0n) is 22.6. The Bertz CT molecular complexity index is 1370. The van der Waals surface area contributed by atoms with E-state index >= 15 is 0 Å². The van der Waals surface area contributed by atoms with Crippen LogP contribution in [0.2, 0.25) is 0 Å². The van der Waals surface area contributed by atoms with Gasteiger partial charge in [-0.25, -0.2) is 9.97 Å². The lowest BCUT2D eigenvalue weighted by Gasteiger charge is -2.46. The summed E-state index contributed by atoms with van der Waals surface area (Å²) in [4.78, 5) is 11.6. The van der Waals surface area contributed by atoms with Crippen LogP contribution < -0.4 is 10.5 Å². The molecule has 4 aromatic rings. The lowest BCUT2D eigenvalue weighted by molar-refractivity contribution is 0.0533. The molecule has 0 unspecified atom stereocenters. The molecule has 3 heterocycles. The van der Waals surface area contributed by atoms with Crippen molar-refractivity contribution in [3.8, 4) is 22.6 Å². The molecule has 1 saturated carbocycles. The molecular weight excluding hydrogens is 486 g/mol. The predicted octanol–water partition coefficient (Wildman–Crippen LogP) is 6.44. The van der Waals surface area contributed by atoms with Gasteiger partial charge in [0.2, 0.25) is 0 Å². The molecule has 0 bridgehead atoms. The molecule has 2 aromatic heterocycles. The number of anilines is 1. The molecule has 0 radical (unpaired) electrons. The average molecular weight is 526 g/mol. The van der Waals surface area contributed by atoms with Crippen LogP contribution in [0.3, 0.4) is 0 Å². The monoisotopic (exact) mass is 525 g/mol. The SMILES string of the molecule is Nc1ncnc2c1c(-c1ccc(Oc3ccccc3)cc1)cn2C1CCC2(CC1)CCN(CCCCO)CC2. The van der Waals surface area contributed by atoms with Gasteiger partial charge in [-0.1, -0.05) is 30.3 Å². The number of nitrogens with two attached hydrogens (primary N) is 1. The van der Waals surface area contributed by atoms with Crippen LogP contribution in [0, 0.1) is 5.41 Å². The summed E-state index contributed by atoms with van der Waals surface area (Å²) in [5.74, 6) is 2.15. The highest BCUT2D eigenvalue weighted by Crippen LogP contribution is 2.49. The van der Waals surface area contributed by atoms with Crippen LogP contribution in [0.1, 0.15) is 57.4 Å². The highest BCUT2D eigenvalue weighted by atomic mass is 16.5. The number of piperidine rings is 1. The van der Waals surface area contributed by atoms with Crippen LogP contribution in [0.25, 0.3) is 22.2 Å². The molecule has 2 fully saturated rings. The number of aliphatic hydroxyl groups is 1. The van der Waals surface area contributed by atoms with Crippen LogP contribution in [-0.4, -0.2) is 50.8 Å². The van der Waals surface area contributed by atoms with Crippen molar-refractivity contribution in [2.45, 2.75) is 57.4 Å². The van der Waals surface area contributed by atoms with E-state index in [9.17, 15) is 0 Å². The molecular formula is C32H39N5O2. The van der Waals surface area contributed by atoms with Crippen molar-refractivity contribution in [2.24, 2.45) is 5.41 Å². The molecule has 7 nitrogen and oxygen atoms in total. The minimum absolute atomic E-state index is 0.305. The Morgan fingerprint density at radius 3 is 2.33 bits per heavy atom. The molecule has 7 heteroatoms. The maximum absolute atomic E-state index is 9.08. The van der Waals surface area contributed by atoms with Gasteiger partial charge in [-0.15, -0.1) is 0 Å². The Morgan fingerprint density at radius 1 is 0.897 bits per heavy atom. The maximum Gasteiger partial charge on any atom is 0.146 e. The fraction of sp³-hybridized carbons (Fsp3) is 0.438. The summed E-state index contributed by atoms with van der Waals surface area (Å²) < 4.78 is 8.37. The van der Waals surface area contributed by atoms with E-state index < -0.39 is 0 Å². The number of nitrogen functional groups attached to an aromatic ring is 1. The van der Waals surface area contributed by atoms with Gasteiger partial charge in [0.25, 0.3) is 0 Å². The summed E-state index contributed by atoms with van der Waals surface area (Å²) in [6.45, 7) is 3.82. The number of para-hydroxylation sites is 1. The van der Waals surface area contributed by atoms with Crippen LogP contribution >= 0.6 is 0 Å². The predicted molar refractivity (Wildman–Crippen MR) is 156 cm³/mol. The highest BCUT2D eigenvalue weighted by Gasteiger charge is 2.38. The lowest BCUT2D eigenvalue weighted by Crippen LogP contribution is -2.42. The quantitative estimate of drug-likeness (QED) is 0.257. The number of likely N-dealkylation sites (tertiary alicyclic amines) is 1. The molecule has 3 N–H and O–H groups in total. The Morgan fingerprint density at radius 2 is 1.62 bits per heavy atom. The third kappa shape index (κ3) is 5.52. The second kappa shape index (κ2) is 11.4. The summed E-state index contributed by atoms with van der Waals surface area (Å²) in [7, 11) is 0. The molecule has 0 atom stereocenters. The number of unbranched alkanes of at least 4 members (excludes halogenated alkanes) is 1. The van der Waals surface area contributed by atoms with Gasteiger partial charge >= 0.3 is 0 Å². The lowest BCUT2D eigenvalue weighted by atomic mass is 9.67. The van der Waals surface area contributed by atoms with Crippen molar-refractivity contribution < 1.29 is 9.84 Å². The normalized spacial score (nSPS) is 18.1. The number of rotatable bonds is 8. The minimum atomic E-state index is 0.305. The standard InChI is InChI=1S/C32H39N5O2/c33-30-29-28(24-8-10-27(11-9-24)39-26-6-2-1-3-7-26)22-37(31(29)35-23-34-30)25-12-14-32(15-13-25)16-19-36(20-17-32)18-4-5-21-38/h1-3,6-11,22-23,25,38H,4-5,12-21H2,(H2,33,34,35). The first-order valence-electron chi connectivity index (χ1n) is 14.4. The molecule has 1 spiro atoms. The maximum atomic E-state index is 9.08. The van der Waals surface area contributed by atoms with Gasteiger partial charge in [-0.05, 0) is 106 Å². The minimum Gasteiger partial charge on any atom is -0.457 e. The van der Waals surface area contributed by atoms with Gasteiger partial charge in [0.1, 0.15) is 29.3 Å². The van der Waals surface area contributed by atoms with E-state index in [2.05, 4.69) is 32.8 Å². The van der Waals surface area contributed by atoms with Gasteiger partial charge < -0.3 is 25.0 Å². The summed E-state index contributed by atoms with van der Waals surface area (Å²) in [5, 5.41) is 10.0. The van der Waals surface area contributed by atoms with Crippen molar-refractivity contribution in [1.82, 2.24) is 19.4 Å². The molecule has 6 rings (SSSR count). The molecule has 1 saturated heterocycles. The van der Waals surface area contributed by atoms with E-state index in [0.717, 1.165) is 53.0 Å². The third-order valence-electron chi connectivity index (χ3n) is 8.99. The highest BCUT2D eigenvalue weighted by molar-refractivity contribution is 6.00. The summed E-state index contributed by atoms with van der Waals surface area (Å²) in [6.07, 6.45) is 13.3. The number of hydrogen-bond acceptors (Lipinski definition) is 6. The van der Waals surface area contributed by atoms with Crippen LogP contribution in [0.5, 0.6) is 11.5 Å². The summed E-state index contributed by atoms with van der Waals surface area (Å²) in [6, 6.07) is 18.4. The Hall–Kier alpha value is -3.42. The Labute approximate surface area is 230 Å². The van der Waals surface area contributed by atoms with E-state index in [0.29, 0.717) is 23.9 Å². The van der Waals surface area contributed by atoms with E-state index in [1.165, 1.54) is 51.6 Å². The molecule has 0 amide bonds. The van der Waals surface area contributed by atoms with Crippen molar-refractivity contribution in [2.75, 3.05) is 32.0 Å². The molecule has 1 aliphatic carbocycles. The van der Waals surface area contributed by atoms with Gasteiger partial charge in [-0.2, -0.15) is 0 Å². The second-order valence-electron chi connectivity index (χ2n) is 11.4. The molecule has 2 aliphatic rings. The smallest absolute Gasteiger partial charge is 0.146 e. The average Bonchev–Trinajstić information content (AvgIpc) is 3.37. The molecule has 39 heavy (non-hydrogen) atoms. The topological polar surface area (TPSA) is 89.4 Å². The number of fused-ring (bicyclic) bond motifs is 1. The Balaban J connectivity index is 1.18. The number of hydrogen-bond donors (Lipinski definition) is 2. The third-order valence-corrected chi connectivity index (χ3v) is 8.99. The van der Waals surface area contributed by atoms with Gasteiger partial charge in [0.15, 0.2) is 0 Å². The number of aliphatic hydroxyl groups excluding tert-OH is 1. The van der Waals surface area contributed by atoms with E-state index in [1.807, 2.05) is 42.5 Å². The number of nitrogens with zero attached hydrogens (tertiary/aromatic N) is 4. The molecule has 1 aliphatic heterocycles. The number of ether oxygens (including phenoxy) is 1. The Kier molecular flexibility index (Phi) is 7.53. The second-order valence-corrected chi connectivity index (χ2v) is 11.4. The van der Waals surface area contributed by atoms with E-state index in [1.54, 1.807) is 6.33 Å². The van der Waals surface area contributed by atoms with E-state index in [4.69, 9.17) is 20.6 Å². The fourth-order valence-corrected chi connectivity index (χ4v) is 6.62. The number of aromatic nitrogens is 3. The zero-order valence-corrected chi connectivity index (χ0v) is 22.6. The van der Waals surface area contributed by atoms with Gasteiger partial charge in [0.05, 0.1) is 5.39 Å². The van der Waals surface area contributed by atoms with Crippen molar-refractivity contribution >= 4 is 16.9 Å². The van der Waals surface area contributed by atoms with Gasteiger partial charge in [0, 0.05) is 24.4 Å². The zero-order chi connectivity index (χ0) is 26.7. The van der Waals surface area contributed by atoms with Crippen molar-refractivity contribution in [3.05, 3.63) is 67.1 Å². The first-order chi connectivity index (χ1) is 19.1.